The summed E-state index contributed by atoms with van der Waals surface area (Å²) in [5.74, 6) is 1.19. The van der Waals surface area contributed by atoms with Crippen LogP contribution in [0.2, 0.25) is 0 Å². The van der Waals surface area contributed by atoms with Crippen molar-refractivity contribution in [3.63, 3.8) is 0 Å². The second kappa shape index (κ2) is 6.15. The predicted molar refractivity (Wildman–Crippen MR) is 75.0 cm³/mol. The van der Waals surface area contributed by atoms with Gasteiger partial charge in [0.2, 0.25) is 11.8 Å². The molecule has 0 saturated carbocycles. The van der Waals surface area contributed by atoms with Gasteiger partial charge in [-0.25, -0.2) is 4.98 Å². The lowest BCUT2D eigenvalue weighted by Crippen LogP contribution is -2.20. The fourth-order valence-electron chi connectivity index (χ4n) is 1.87. The maximum absolute atomic E-state index is 5.74. The molecule has 0 unspecified atom stereocenters. The molecule has 1 aromatic carbocycles. The normalized spacial score (nSPS) is 10.3. The van der Waals surface area contributed by atoms with Gasteiger partial charge in [-0.1, -0.05) is 24.3 Å². The highest BCUT2D eigenvalue weighted by atomic mass is 16.5. The average molecular weight is 258 g/mol. The lowest BCUT2D eigenvalue weighted by molar-refractivity contribution is 0.397. The van der Waals surface area contributed by atoms with Crippen molar-refractivity contribution in [2.24, 2.45) is 5.73 Å². The Hall–Kier alpha value is -2.14. The molecule has 1 heterocycles. The van der Waals surface area contributed by atoms with Gasteiger partial charge in [0.05, 0.1) is 7.11 Å². The van der Waals surface area contributed by atoms with Gasteiger partial charge in [0.1, 0.15) is 0 Å². The Balaban J connectivity index is 2.18. The molecule has 0 aliphatic rings. The Morgan fingerprint density at radius 1 is 1.21 bits per heavy atom. The van der Waals surface area contributed by atoms with E-state index in [0.29, 0.717) is 24.9 Å². The van der Waals surface area contributed by atoms with Gasteiger partial charge in [-0.2, -0.15) is 4.98 Å². The van der Waals surface area contributed by atoms with E-state index in [4.69, 9.17) is 10.5 Å². The maximum atomic E-state index is 5.74. The molecule has 0 atom stereocenters. The summed E-state index contributed by atoms with van der Waals surface area (Å²) < 4.78 is 5.10. The summed E-state index contributed by atoms with van der Waals surface area (Å²) in [6.07, 6.45) is 1.69. The van der Waals surface area contributed by atoms with E-state index in [9.17, 15) is 0 Å². The number of hydrogen-bond acceptors (Lipinski definition) is 5. The number of ether oxygens (including phenoxy) is 1. The third-order valence-corrected chi connectivity index (χ3v) is 2.91. The summed E-state index contributed by atoms with van der Waals surface area (Å²) in [7, 11) is 3.54. The van der Waals surface area contributed by atoms with Crippen molar-refractivity contribution in [1.29, 1.82) is 0 Å². The van der Waals surface area contributed by atoms with Crippen LogP contribution in [-0.2, 0) is 13.1 Å². The standard InChI is InChI=1S/C14H18N4O/c1-18(14-16-8-7-13(17-14)19-2)10-12-6-4-3-5-11(12)9-15/h3-8H,9-10,15H2,1-2H3. The van der Waals surface area contributed by atoms with E-state index in [-0.39, 0.29) is 0 Å². The molecule has 0 radical (unpaired) electrons. The minimum atomic E-state index is 0.531. The van der Waals surface area contributed by atoms with E-state index in [1.165, 1.54) is 5.56 Å². The van der Waals surface area contributed by atoms with Crippen LogP contribution < -0.4 is 15.4 Å². The fourth-order valence-corrected chi connectivity index (χ4v) is 1.87. The lowest BCUT2D eigenvalue weighted by Gasteiger charge is -2.19. The molecule has 2 rings (SSSR count). The van der Waals surface area contributed by atoms with Gasteiger partial charge in [-0.15, -0.1) is 0 Å². The number of hydrogen-bond donors (Lipinski definition) is 1. The minimum Gasteiger partial charge on any atom is -0.481 e. The molecule has 0 amide bonds. The van der Waals surface area contributed by atoms with Crippen molar-refractivity contribution >= 4 is 5.95 Å². The predicted octanol–water partition coefficient (Wildman–Crippen LogP) is 1.58. The number of methoxy groups -OCH3 is 1. The van der Waals surface area contributed by atoms with Crippen LogP contribution in [0.15, 0.2) is 36.5 Å². The molecule has 0 bridgehead atoms. The zero-order valence-electron chi connectivity index (χ0n) is 11.2. The van der Waals surface area contributed by atoms with Crippen molar-refractivity contribution in [1.82, 2.24) is 9.97 Å². The van der Waals surface area contributed by atoms with Gasteiger partial charge in [0.25, 0.3) is 0 Å². The van der Waals surface area contributed by atoms with E-state index >= 15 is 0 Å². The number of nitrogens with zero attached hydrogens (tertiary/aromatic N) is 3. The molecule has 0 fully saturated rings. The van der Waals surface area contributed by atoms with Gasteiger partial charge in [0, 0.05) is 32.4 Å². The number of benzene rings is 1. The molecule has 2 aromatic rings. The largest absolute Gasteiger partial charge is 0.481 e. The van der Waals surface area contributed by atoms with Crippen LogP contribution in [0.25, 0.3) is 0 Å². The topological polar surface area (TPSA) is 64.3 Å². The van der Waals surface area contributed by atoms with Crippen LogP contribution in [0.5, 0.6) is 5.88 Å². The van der Waals surface area contributed by atoms with E-state index in [2.05, 4.69) is 16.0 Å². The summed E-state index contributed by atoms with van der Waals surface area (Å²) in [6, 6.07) is 9.84. The molecule has 100 valence electrons. The summed E-state index contributed by atoms with van der Waals surface area (Å²) in [5.41, 5.74) is 8.06. The molecule has 5 heteroatoms. The van der Waals surface area contributed by atoms with Crippen LogP contribution in [-0.4, -0.2) is 24.1 Å². The number of anilines is 1. The Bertz CT molecular complexity index is 544. The zero-order chi connectivity index (χ0) is 13.7. The van der Waals surface area contributed by atoms with E-state index in [1.54, 1.807) is 19.4 Å². The first-order valence-electron chi connectivity index (χ1n) is 6.09. The van der Waals surface area contributed by atoms with Crippen molar-refractivity contribution in [2.75, 3.05) is 19.1 Å². The summed E-state index contributed by atoms with van der Waals surface area (Å²) in [4.78, 5) is 10.5. The van der Waals surface area contributed by atoms with Gasteiger partial charge in [-0.3, -0.25) is 0 Å². The monoisotopic (exact) mass is 258 g/mol. The average Bonchev–Trinajstić information content (AvgIpc) is 2.47. The van der Waals surface area contributed by atoms with Crippen molar-refractivity contribution in [3.05, 3.63) is 47.7 Å². The Morgan fingerprint density at radius 2 is 1.95 bits per heavy atom. The summed E-state index contributed by atoms with van der Waals surface area (Å²) in [5, 5.41) is 0. The van der Waals surface area contributed by atoms with Gasteiger partial charge in [0.15, 0.2) is 0 Å². The molecule has 2 N–H and O–H groups in total. The molecule has 0 aliphatic heterocycles. The highest BCUT2D eigenvalue weighted by molar-refractivity contribution is 5.35. The lowest BCUT2D eigenvalue weighted by atomic mass is 10.1. The Labute approximate surface area is 113 Å². The fraction of sp³-hybridized carbons (Fsp3) is 0.286. The molecule has 0 saturated heterocycles. The van der Waals surface area contributed by atoms with Crippen LogP contribution in [0.3, 0.4) is 0 Å². The first-order chi connectivity index (χ1) is 9.24. The second-order valence-corrected chi connectivity index (χ2v) is 4.23. The summed E-state index contributed by atoms with van der Waals surface area (Å²) in [6.45, 7) is 1.24. The van der Waals surface area contributed by atoms with Gasteiger partial charge in [-0.05, 0) is 11.1 Å². The van der Waals surface area contributed by atoms with Crippen molar-refractivity contribution < 1.29 is 4.74 Å². The SMILES string of the molecule is COc1ccnc(N(C)Cc2ccccc2CN)n1. The van der Waals surface area contributed by atoms with Crippen LogP contribution in [0, 0.1) is 0 Å². The highest BCUT2D eigenvalue weighted by Crippen LogP contribution is 2.15. The number of aromatic nitrogens is 2. The van der Waals surface area contributed by atoms with Gasteiger partial charge < -0.3 is 15.4 Å². The van der Waals surface area contributed by atoms with Crippen LogP contribution in [0.1, 0.15) is 11.1 Å². The first kappa shape index (κ1) is 13.3. The number of rotatable bonds is 5. The zero-order valence-corrected chi connectivity index (χ0v) is 11.2. The minimum absolute atomic E-state index is 0.531. The van der Waals surface area contributed by atoms with Crippen molar-refractivity contribution in [2.45, 2.75) is 13.1 Å². The molecule has 5 nitrogen and oxygen atoms in total. The van der Waals surface area contributed by atoms with Crippen LogP contribution in [0.4, 0.5) is 5.95 Å². The molecular formula is C14H18N4O. The molecule has 0 spiro atoms. The molecule has 19 heavy (non-hydrogen) atoms. The Morgan fingerprint density at radius 3 is 2.63 bits per heavy atom. The van der Waals surface area contributed by atoms with E-state index < -0.39 is 0 Å². The molecule has 1 aromatic heterocycles. The second-order valence-electron chi connectivity index (χ2n) is 4.23. The third kappa shape index (κ3) is 3.20. The smallest absolute Gasteiger partial charge is 0.228 e. The van der Waals surface area contributed by atoms with Crippen molar-refractivity contribution in [3.8, 4) is 5.88 Å². The quantitative estimate of drug-likeness (QED) is 0.882. The highest BCUT2D eigenvalue weighted by Gasteiger charge is 2.08. The van der Waals surface area contributed by atoms with E-state index in [1.807, 2.05) is 30.1 Å². The molecule has 0 aliphatic carbocycles. The maximum Gasteiger partial charge on any atom is 0.228 e. The van der Waals surface area contributed by atoms with Crippen LogP contribution >= 0.6 is 0 Å². The van der Waals surface area contributed by atoms with E-state index in [0.717, 1.165) is 5.56 Å². The Kier molecular flexibility index (Phi) is 4.30. The van der Waals surface area contributed by atoms with Gasteiger partial charge >= 0.3 is 0 Å². The summed E-state index contributed by atoms with van der Waals surface area (Å²) >= 11 is 0. The molecular weight excluding hydrogens is 240 g/mol. The third-order valence-electron chi connectivity index (χ3n) is 2.91. The number of nitrogens with two attached hydrogens (primary N) is 1. The first-order valence-corrected chi connectivity index (χ1v) is 6.09.